The Kier molecular flexibility index (Phi) is 9.24. The first-order chi connectivity index (χ1) is 16.5. The molecule has 0 fully saturated rings. The molecule has 1 heterocycles. The quantitative estimate of drug-likeness (QED) is 0.426. The minimum absolute atomic E-state index is 0.111. The predicted octanol–water partition coefficient (Wildman–Crippen LogP) is 3.84. The van der Waals surface area contributed by atoms with Crippen molar-refractivity contribution in [2.45, 2.75) is 13.0 Å². The van der Waals surface area contributed by atoms with Crippen molar-refractivity contribution in [2.24, 2.45) is 0 Å². The molecule has 0 saturated carbocycles. The van der Waals surface area contributed by atoms with E-state index < -0.39 is 17.7 Å². The number of benzene rings is 2. The van der Waals surface area contributed by atoms with Gasteiger partial charge >= 0.3 is 6.09 Å². The second-order valence-corrected chi connectivity index (χ2v) is 7.26. The molecule has 0 atom stereocenters. The largest absolute Gasteiger partial charge is 0.449 e. The number of hydrogen-bond donors (Lipinski definition) is 1. The van der Waals surface area contributed by atoms with E-state index in [4.69, 9.17) is 14.2 Å². The normalized spacial score (nSPS) is 10.8. The van der Waals surface area contributed by atoms with Crippen LogP contribution in [0.2, 0.25) is 0 Å². The lowest BCUT2D eigenvalue weighted by Crippen LogP contribution is -2.23. The van der Waals surface area contributed by atoms with Crippen molar-refractivity contribution in [1.82, 2.24) is 9.78 Å². The number of nitrogens with zero attached hydrogens (tertiary/aromatic N) is 2. The summed E-state index contributed by atoms with van der Waals surface area (Å²) in [5.41, 5.74) is 1.49. The van der Waals surface area contributed by atoms with Crippen molar-refractivity contribution < 1.29 is 27.8 Å². The van der Waals surface area contributed by atoms with Crippen LogP contribution in [0.1, 0.15) is 12.0 Å². The van der Waals surface area contributed by atoms with Gasteiger partial charge in [-0.3, -0.25) is 10.1 Å². The zero-order valence-corrected chi connectivity index (χ0v) is 18.6. The molecule has 0 saturated heterocycles. The number of methoxy groups -OCH3 is 1. The zero-order chi connectivity index (χ0) is 24.3. The first-order valence-corrected chi connectivity index (χ1v) is 10.6. The molecule has 10 heteroatoms. The van der Waals surface area contributed by atoms with Crippen LogP contribution in [-0.4, -0.2) is 49.4 Å². The maximum absolute atomic E-state index is 13.6. The van der Waals surface area contributed by atoms with Gasteiger partial charge in [0.2, 0.25) is 0 Å². The molecular weight excluding hydrogens is 448 g/mol. The summed E-state index contributed by atoms with van der Waals surface area (Å²) in [5, 5.41) is 6.89. The lowest BCUT2D eigenvalue weighted by molar-refractivity contribution is 0.0608. The number of nitrogens with one attached hydrogen (secondary N) is 1. The van der Waals surface area contributed by atoms with E-state index in [0.717, 1.165) is 12.1 Å². The third-order valence-corrected chi connectivity index (χ3v) is 4.69. The van der Waals surface area contributed by atoms with Crippen molar-refractivity contribution in [3.05, 3.63) is 82.1 Å². The summed E-state index contributed by atoms with van der Waals surface area (Å²) < 4.78 is 43.3. The lowest BCUT2D eigenvalue weighted by Gasteiger charge is -2.10. The Balaban J connectivity index is 1.59. The van der Waals surface area contributed by atoms with Gasteiger partial charge in [0.25, 0.3) is 5.56 Å². The van der Waals surface area contributed by atoms with Crippen LogP contribution in [0.3, 0.4) is 0 Å². The van der Waals surface area contributed by atoms with Crippen LogP contribution < -0.4 is 10.9 Å². The smallest absolute Gasteiger partial charge is 0.411 e. The van der Waals surface area contributed by atoms with Gasteiger partial charge in [0.1, 0.15) is 0 Å². The van der Waals surface area contributed by atoms with E-state index in [1.54, 1.807) is 31.4 Å². The van der Waals surface area contributed by atoms with Gasteiger partial charge in [-0.25, -0.2) is 18.3 Å². The minimum atomic E-state index is -0.999. The fourth-order valence-electron chi connectivity index (χ4n) is 3.02. The van der Waals surface area contributed by atoms with E-state index in [2.05, 4.69) is 10.4 Å². The van der Waals surface area contributed by atoms with E-state index in [0.29, 0.717) is 48.7 Å². The number of anilines is 1. The highest BCUT2D eigenvalue weighted by Gasteiger charge is 2.09. The number of carbonyl (C=O) groups excluding carboxylic acids is 1. The standard InChI is InChI=1S/C24H25F2N3O5/c1-32-12-13-33-10-3-11-34-24(31)27-19-5-2-4-17(14-19)16-29-23(30)9-8-22(28-29)18-6-7-20(25)21(26)15-18/h2,4-9,14-15H,3,10-13,16H2,1H3,(H,27,31). The summed E-state index contributed by atoms with van der Waals surface area (Å²) in [5.74, 6) is -1.96. The number of aromatic nitrogens is 2. The Bertz CT molecular complexity index is 1170. The Labute approximate surface area is 195 Å². The minimum Gasteiger partial charge on any atom is -0.449 e. The Morgan fingerprint density at radius 2 is 1.85 bits per heavy atom. The number of hydrogen-bond acceptors (Lipinski definition) is 6. The van der Waals surface area contributed by atoms with Crippen LogP contribution in [0, 0.1) is 11.6 Å². The maximum Gasteiger partial charge on any atom is 0.411 e. The summed E-state index contributed by atoms with van der Waals surface area (Å²) in [6.45, 7) is 1.76. The molecule has 8 nitrogen and oxygen atoms in total. The van der Waals surface area contributed by atoms with Crippen LogP contribution in [0.25, 0.3) is 11.3 Å². The molecule has 0 aliphatic carbocycles. The van der Waals surface area contributed by atoms with E-state index in [-0.39, 0.29) is 18.7 Å². The van der Waals surface area contributed by atoms with Gasteiger partial charge in [0.15, 0.2) is 11.6 Å². The Hall–Kier alpha value is -3.63. The molecule has 34 heavy (non-hydrogen) atoms. The fourth-order valence-corrected chi connectivity index (χ4v) is 3.02. The molecule has 3 rings (SSSR count). The molecule has 1 N–H and O–H groups in total. The van der Waals surface area contributed by atoms with Gasteiger partial charge in [0, 0.05) is 37.5 Å². The van der Waals surface area contributed by atoms with Crippen molar-refractivity contribution >= 4 is 11.8 Å². The van der Waals surface area contributed by atoms with Crippen LogP contribution in [0.4, 0.5) is 19.3 Å². The van der Waals surface area contributed by atoms with Crippen LogP contribution >= 0.6 is 0 Å². The molecule has 2 aromatic carbocycles. The molecular formula is C24H25F2N3O5. The zero-order valence-electron chi connectivity index (χ0n) is 18.6. The molecule has 0 radical (unpaired) electrons. The van der Waals surface area contributed by atoms with Gasteiger partial charge in [-0.2, -0.15) is 5.10 Å². The van der Waals surface area contributed by atoms with Crippen molar-refractivity contribution in [2.75, 3.05) is 38.9 Å². The number of rotatable bonds is 11. The topological polar surface area (TPSA) is 91.7 Å². The molecule has 0 bridgehead atoms. The summed E-state index contributed by atoms with van der Waals surface area (Å²) in [4.78, 5) is 24.3. The first-order valence-electron chi connectivity index (χ1n) is 10.6. The van der Waals surface area contributed by atoms with E-state index in [1.807, 2.05) is 0 Å². The van der Waals surface area contributed by atoms with Gasteiger partial charge in [0.05, 0.1) is 32.1 Å². The van der Waals surface area contributed by atoms with Crippen molar-refractivity contribution in [3.8, 4) is 11.3 Å². The third-order valence-electron chi connectivity index (χ3n) is 4.69. The second kappa shape index (κ2) is 12.6. The number of halogens is 2. The number of ether oxygens (including phenoxy) is 3. The Morgan fingerprint density at radius 3 is 2.65 bits per heavy atom. The highest BCUT2D eigenvalue weighted by Crippen LogP contribution is 2.19. The van der Waals surface area contributed by atoms with Crippen molar-refractivity contribution in [3.63, 3.8) is 0 Å². The van der Waals surface area contributed by atoms with E-state index >= 15 is 0 Å². The fraction of sp³-hybridized carbons (Fsp3) is 0.292. The molecule has 0 unspecified atom stereocenters. The van der Waals surface area contributed by atoms with Gasteiger partial charge in [-0.15, -0.1) is 0 Å². The van der Waals surface area contributed by atoms with Crippen LogP contribution in [-0.2, 0) is 20.8 Å². The molecule has 0 aliphatic rings. The van der Waals surface area contributed by atoms with Gasteiger partial charge in [-0.1, -0.05) is 12.1 Å². The van der Waals surface area contributed by atoms with Crippen molar-refractivity contribution in [1.29, 1.82) is 0 Å². The maximum atomic E-state index is 13.6. The predicted molar refractivity (Wildman–Crippen MR) is 122 cm³/mol. The second-order valence-electron chi connectivity index (χ2n) is 7.26. The molecule has 1 aromatic heterocycles. The third kappa shape index (κ3) is 7.46. The first kappa shape index (κ1) is 25.0. The SMILES string of the molecule is COCCOCCCOC(=O)Nc1cccc(Cn2nc(-c3ccc(F)c(F)c3)ccc2=O)c1. The summed E-state index contributed by atoms with van der Waals surface area (Å²) in [7, 11) is 1.59. The molecule has 180 valence electrons. The Morgan fingerprint density at radius 1 is 1.00 bits per heavy atom. The summed E-state index contributed by atoms with van der Waals surface area (Å²) >= 11 is 0. The highest BCUT2D eigenvalue weighted by molar-refractivity contribution is 5.84. The molecule has 1 amide bonds. The highest BCUT2D eigenvalue weighted by atomic mass is 19.2. The van der Waals surface area contributed by atoms with Gasteiger partial charge in [-0.05, 0) is 42.0 Å². The summed E-state index contributed by atoms with van der Waals surface area (Å²) in [6, 6.07) is 13.0. The number of carbonyl (C=O) groups is 1. The lowest BCUT2D eigenvalue weighted by atomic mass is 10.1. The molecule has 0 spiro atoms. The molecule has 0 aliphatic heterocycles. The van der Waals surface area contributed by atoms with E-state index in [1.165, 1.54) is 22.9 Å². The average molecular weight is 473 g/mol. The monoisotopic (exact) mass is 473 g/mol. The molecule has 3 aromatic rings. The van der Waals surface area contributed by atoms with E-state index in [9.17, 15) is 18.4 Å². The van der Waals surface area contributed by atoms with Gasteiger partial charge < -0.3 is 14.2 Å². The van der Waals surface area contributed by atoms with Crippen LogP contribution in [0.15, 0.2) is 59.4 Å². The van der Waals surface area contributed by atoms with Crippen LogP contribution in [0.5, 0.6) is 0 Å². The average Bonchev–Trinajstić information content (AvgIpc) is 2.82. The summed E-state index contributed by atoms with van der Waals surface area (Å²) in [6.07, 6.45) is -0.0512. The number of amides is 1.